The molecule has 2 aromatic carbocycles. The summed E-state index contributed by atoms with van der Waals surface area (Å²) < 4.78 is 43.9. The fourth-order valence-corrected chi connectivity index (χ4v) is 4.16. The third-order valence-electron chi connectivity index (χ3n) is 4.22. The second kappa shape index (κ2) is 6.86. The molecule has 2 aromatic rings. The monoisotopic (exact) mass is 396 g/mol. The van der Waals surface area contributed by atoms with Crippen LogP contribution in [-0.4, -0.2) is 41.5 Å². The van der Waals surface area contributed by atoms with E-state index in [1.54, 1.807) is 18.2 Å². The van der Waals surface area contributed by atoms with Crippen LogP contribution in [0, 0.1) is 0 Å². The number of benzene rings is 2. The summed E-state index contributed by atoms with van der Waals surface area (Å²) in [5, 5.41) is 0.325. The van der Waals surface area contributed by atoms with Crippen LogP contribution >= 0.6 is 11.6 Å². The Morgan fingerprint density at radius 1 is 1.00 bits per heavy atom. The number of rotatable bonds is 4. The van der Waals surface area contributed by atoms with Crippen molar-refractivity contribution in [3.8, 4) is 11.5 Å². The van der Waals surface area contributed by atoms with E-state index in [-0.39, 0.29) is 11.7 Å². The van der Waals surface area contributed by atoms with Gasteiger partial charge in [0.1, 0.15) is 0 Å². The van der Waals surface area contributed by atoms with Gasteiger partial charge in [-0.15, -0.1) is 0 Å². The Balaban J connectivity index is 1.61. The van der Waals surface area contributed by atoms with Crippen molar-refractivity contribution in [2.45, 2.75) is 4.90 Å². The normalized spacial score (nSPS) is 16.6. The van der Waals surface area contributed by atoms with E-state index in [1.165, 1.54) is 12.1 Å². The molecule has 26 heavy (non-hydrogen) atoms. The van der Waals surface area contributed by atoms with Gasteiger partial charge in [0.25, 0.3) is 10.0 Å². The zero-order chi connectivity index (χ0) is 18.1. The molecule has 9 heteroatoms. The smallest absolute Gasteiger partial charge is 0.262 e. The zero-order valence-corrected chi connectivity index (χ0v) is 15.3. The third-order valence-corrected chi connectivity index (χ3v) is 5.92. The number of hydrogen-bond acceptors (Lipinski definition) is 6. The predicted molar refractivity (Wildman–Crippen MR) is 97.9 cm³/mol. The number of morpholine rings is 1. The van der Waals surface area contributed by atoms with Crippen molar-refractivity contribution in [3.05, 3.63) is 41.4 Å². The van der Waals surface area contributed by atoms with Crippen molar-refractivity contribution in [3.63, 3.8) is 0 Å². The van der Waals surface area contributed by atoms with E-state index < -0.39 is 10.0 Å². The highest BCUT2D eigenvalue weighted by molar-refractivity contribution is 7.92. The summed E-state index contributed by atoms with van der Waals surface area (Å²) in [5.41, 5.74) is 1.22. The van der Waals surface area contributed by atoms with Crippen LogP contribution in [0.1, 0.15) is 0 Å². The molecular formula is C17H17ClN2O5S. The molecule has 0 aliphatic carbocycles. The minimum atomic E-state index is -3.82. The summed E-state index contributed by atoms with van der Waals surface area (Å²) in [6.45, 7) is 2.85. The number of fused-ring (bicyclic) bond motifs is 1. The molecule has 7 nitrogen and oxygen atoms in total. The van der Waals surface area contributed by atoms with E-state index in [0.29, 0.717) is 35.4 Å². The third kappa shape index (κ3) is 3.40. The molecule has 0 saturated carbocycles. The van der Waals surface area contributed by atoms with Crippen LogP contribution < -0.4 is 19.1 Å². The maximum atomic E-state index is 12.7. The van der Waals surface area contributed by atoms with Crippen molar-refractivity contribution in [1.82, 2.24) is 0 Å². The molecule has 1 N–H and O–H groups in total. The molecule has 0 unspecified atom stereocenters. The Labute approximate surface area is 156 Å². The van der Waals surface area contributed by atoms with Crippen LogP contribution in [0.2, 0.25) is 5.02 Å². The minimum Gasteiger partial charge on any atom is -0.454 e. The standard InChI is InChI=1S/C17H17ClN2O5S/c18-14-3-1-12(20-5-7-23-8-6-20)9-15(14)19-26(21,22)13-2-4-16-17(10-13)25-11-24-16/h1-4,9-10,19H,5-8,11H2. The van der Waals surface area contributed by atoms with E-state index in [1.807, 2.05) is 6.07 Å². The number of halogens is 1. The van der Waals surface area contributed by atoms with Gasteiger partial charge < -0.3 is 19.1 Å². The molecule has 2 aliphatic rings. The van der Waals surface area contributed by atoms with Crippen molar-refractivity contribution in [2.24, 2.45) is 0 Å². The number of nitrogens with one attached hydrogen (secondary N) is 1. The van der Waals surface area contributed by atoms with Gasteiger partial charge in [0.05, 0.1) is 28.8 Å². The second-order valence-corrected chi connectivity index (χ2v) is 7.97. The SMILES string of the molecule is O=S(=O)(Nc1cc(N2CCOCC2)ccc1Cl)c1ccc2c(c1)OCO2. The lowest BCUT2D eigenvalue weighted by Gasteiger charge is -2.29. The Kier molecular flexibility index (Phi) is 4.56. The van der Waals surface area contributed by atoms with Crippen molar-refractivity contribution in [1.29, 1.82) is 0 Å². The van der Waals surface area contributed by atoms with Crippen molar-refractivity contribution < 1.29 is 22.6 Å². The lowest BCUT2D eigenvalue weighted by Crippen LogP contribution is -2.36. The van der Waals surface area contributed by atoms with E-state index in [4.69, 9.17) is 25.8 Å². The van der Waals surface area contributed by atoms with Gasteiger partial charge in [-0.3, -0.25) is 4.72 Å². The molecule has 0 amide bonds. The molecule has 0 spiro atoms. The first-order valence-electron chi connectivity index (χ1n) is 8.08. The summed E-state index contributed by atoms with van der Waals surface area (Å²) in [5.74, 6) is 0.928. The predicted octanol–water partition coefficient (Wildman–Crippen LogP) is 2.71. The van der Waals surface area contributed by atoms with Crippen molar-refractivity contribution >= 4 is 33.0 Å². The van der Waals surface area contributed by atoms with Gasteiger partial charge >= 0.3 is 0 Å². The van der Waals surface area contributed by atoms with E-state index in [9.17, 15) is 8.42 Å². The van der Waals surface area contributed by atoms with Crippen LogP contribution in [-0.2, 0) is 14.8 Å². The summed E-state index contributed by atoms with van der Waals surface area (Å²) in [6.07, 6.45) is 0. The molecule has 138 valence electrons. The molecule has 2 aliphatic heterocycles. The molecule has 0 bridgehead atoms. The van der Waals surface area contributed by atoms with Crippen molar-refractivity contribution in [2.75, 3.05) is 42.7 Å². The molecule has 1 saturated heterocycles. The molecule has 0 radical (unpaired) electrons. The quantitative estimate of drug-likeness (QED) is 0.856. The number of ether oxygens (including phenoxy) is 3. The molecule has 0 atom stereocenters. The Bertz CT molecular complexity index is 929. The summed E-state index contributed by atoms with van der Waals surface area (Å²) in [7, 11) is -3.82. The highest BCUT2D eigenvalue weighted by atomic mass is 35.5. The fraction of sp³-hybridized carbons (Fsp3) is 0.294. The number of anilines is 2. The van der Waals surface area contributed by atoms with E-state index in [0.717, 1.165) is 18.8 Å². The van der Waals surface area contributed by atoms with Gasteiger partial charge in [-0.05, 0) is 30.3 Å². The molecule has 4 rings (SSSR count). The van der Waals surface area contributed by atoms with Gasteiger partial charge in [-0.1, -0.05) is 11.6 Å². The Hall–Kier alpha value is -2.16. The maximum absolute atomic E-state index is 12.7. The van der Waals surface area contributed by atoms with E-state index in [2.05, 4.69) is 9.62 Å². The van der Waals surface area contributed by atoms with E-state index >= 15 is 0 Å². The minimum absolute atomic E-state index is 0.0783. The maximum Gasteiger partial charge on any atom is 0.262 e. The Morgan fingerprint density at radius 3 is 2.58 bits per heavy atom. The summed E-state index contributed by atoms with van der Waals surface area (Å²) in [4.78, 5) is 2.20. The largest absolute Gasteiger partial charge is 0.454 e. The van der Waals surface area contributed by atoms with Gasteiger partial charge in [0.2, 0.25) is 6.79 Å². The fourth-order valence-electron chi connectivity index (χ4n) is 2.86. The topological polar surface area (TPSA) is 77.1 Å². The van der Waals surface area contributed by atoms with Gasteiger partial charge in [-0.25, -0.2) is 8.42 Å². The summed E-state index contributed by atoms with van der Waals surface area (Å²) in [6, 6.07) is 9.76. The van der Waals surface area contributed by atoms with Crippen LogP contribution in [0.25, 0.3) is 0 Å². The van der Waals surface area contributed by atoms with Crippen LogP contribution in [0.4, 0.5) is 11.4 Å². The van der Waals surface area contributed by atoms with Gasteiger partial charge in [0, 0.05) is 24.8 Å². The van der Waals surface area contributed by atoms with Crippen LogP contribution in [0.3, 0.4) is 0 Å². The summed E-state index contributed by atoms with van der Waals surface area (Å²) >= 11 is 6.21. The molecule has 0 aromatic heterocycles. The first-order valence-corrected chi connectivity index (χ1v) is 9.94. The zero-order valence-electron chi connectivity index (χ0n) is 13.8. The molecule has 2 heterocycles. The van der Waals surface area contributed by atoms with Crippen LogP contribution in [0.15, 0.2) is 41.3 Å². The highest BCUT2D eigenvalue weighted by Gasteiger charge is 2.22. The Morgan fingerprint density at radius 2 is 1.77 bits per heavy atom. The first kappa shape index (κ1) is 17.3. The van der Waals surface area contributed by atoms with Gasteiger partial charge in [-0.2, -0.15) is 0 Å². The second-order valence-electron chi connectivity index (χ2n) is 5.88. The number of nitrogens with zero attached hydrogens (tertiary/aromatic N) is 1. The first-order chi connectivity index (χ1) is 12.5. The molecule has 1 fully saturated rings. The molecular weight excluding hydrogens is 380 g/mol. The van der Waals surface area contributed by atoms with Crippen LogP contribution in [0.5, 0.6) is 11.5 Å². The lowest BCUT2D eigenvalue weighted by atomic mass is 10.2. The number of hydrogen-bond donors (Lipinski definition) is 1. The highest BCUT2D eigenvalue weighted by Crippen LogP contribution is 2.35. The lowest BCUT2D eigenvalue weighted by molar-refractivity contribution is 0.122. The average Bonchev–Trinajstić information content (AvgIpc) is 3.12. The van der Waals surface area contributed by atoms with Gasteiger partial charge in [0.15, 0.2) is 11.5 Å². The number of sulfonamides is 1. The average molecular weight is 397 g/mol.